The predicted octanol–water partition coefficient (Wildman–Crippen LogP) is 2.55. The number of hydrogen-bond acceptors (Lipinski definition) is 3. The summed E-state index contributed by atoms with van der Waals surface area (Å²) in [5, 5.41) is 3.88. The summed E-state index contributed by atoms with van der Waals surface area (Å²) in [5.74, 6) is 1.05. The SMILES string of the molecule is Nc1c(Cl)cccc1C(=O)NCC1CCCS1. The van der Waals surface area contributed by atoms with Crippen LogP contribution in [0.15, 0.2) is 18.2 Å². The predicted molar refractivity (Wildman–Crippen MR) is 73.7 cm³/mol. The lowest BCUT2D eigenvalue weighted by Gasteiger charge is -2.11. The number of carbonyl (C=O) groups excluding carboxylic acids is 1. The molecule has 3 nitrogen and oxygen atoms in total. The summed E-state index contributed by atoms with van der Waals surface area (Å²) in [7, 11) is 0. The van der Waals surface area contributed by atoms with Crippen LogP contribution in [0.1, 0.15) is 23.2 Å². The number of amides is 1. The highest BCUT2D eigenvalue weighted by molar-refractivity contribution is 8.00. The van der Waals surface area contributed by atoms with E-state index in [0.717, 1.165) is 0 Å². The van der Waals surface area contributed by atoms with Gasteiger partial charge in [-0.05, 0) is 30.7 Å². The van der Waals surface area contributed by atoms with Crippen molar-refractivity contribution < 1.29 is 4.79 Å². The van der Waals surface area contributed by atoms with Crippen molar-refractivity contribution in [3.05, 3.63) is 28.8 Å². The molecule has 92 valence electrons. The van der Waals surface area contributed by atoms with Crippen LogP contribution in [0.4, 0.5) is 5.69 Å². The minimum atomic E-state index is -0.141. The number of nitrogen functional groups attached to an aromatic ring is 1. The zero-order valence-corrected chi connectivity index (χ0v) is 11.0. The van der Waals surface area contributed by atoms with Crippen LogP contribution in [-0.2, 0) is 0 Å². The average Bonchev–Trinajstić information content (AvgIpc) is 2.82. The van der Waals surface area contributed by atoms with Crippen molar-refractivity contribution in [3.63, 3.8) is 0 Å². The van der Waals surface area contributed by atoms with E-state index < -0.39 is 0 Å². The molecule has 0 bridgehead atoms. The standard InChI is InChI=1S/C12H15ClN2OS/c13-10-5-1-4-9(11(10)14)12(16)15-7-8-3-2-6-17-8/h1,4-5,8H,2-3,6-7,14H2,(H,15,16). The van der Waals surface area contributed by atoms with Gasteiger partial charge in [-0.2, -0.15) is 11.8 Å². The molecule has 1 aromatic rings. The van der Waals surface area contributed by atoms with Gasteiger partial charge in [0.05, 0.1) is 16.3 Å². The Balaban J connectivity index is 1.97. The first-order valence-electron chi connectivity index (χ1n) is 5.62. The maximum atomic E-state index is 11.9. The Morgan fingerprint density at radius 1 is 1.59 bits per heavy atom. The second-order valence-electron chi connectivity index (χ2n) is 4.05. The summed E-state index contributed by atoms with van der Waals surface area (Å²) in [6.07, 6.45) is 2.42. The number of nitrogens with two attached hydrogens (primary N) is 1. The van der Waals surface area contributed by atoms with Gasteiger partial charge in [0.2, 0.25) is 0 Å². The second-order valence-corrected chi connectivity index (χ2v) is 5.86. The van der Waals surface area contributed by atoms with Crippen molar-refractivity contribution in [1.29, 1.82) is 0 Å². The summed E-state index contributed by atoms with van der Waals surface area (Å²) < 4.78 is 0. The van der Waals surface area contributed by atoms with Crippen molar-refractivity contribution in [3.8, 4) is 0 Å². The summed E-state index contributed by atoms with van der Waals surface area (Å²) >= 11 is 7.79. The molecule has 0 radical (unpaired) electrons. The molecule has 1 saturated heterocycles. The van der Waals surface area contributed by atoms with Crippen molar-refractivity contribution in [2.24, 2.45) is 0 Å². The highest BCUT2D eigenvalue weighted by Gasteiger charge is 2.17. The zero-order valence-electron chi connectivity index (χ0n) is 9.41. The molecule has 5 heteroatoms. The molecule has 0 aromatic heterocycles. The highest BCUT2D eigenvalue weighted by Crippen LogP contribution is 2.26. The molecule has 1 amide bonds. The smallest absolute Gasteiger partial charge is 0.253 e. The van der Waals surface area contributed by atoms with Gasteiger partial charge in [0, 0.05) is 11.8 Å². The van der Waals surface area contributed by atoms with Crippen LogP contribution in [0.5, 0.6) is 0 Å². The van der Waals surface area contributed by atoms with Gasteiger partial charge in [-0.25, -0.2) is 0 Å². The third-order valence-electron chi connectivity index (χ3n) is 2.81. The van der Waals surface area contributed by atoms with E-state index >= 15 is 0 Å². The first-order chi connectivity index (χ1) is 8.18. The van der Waals surface area contributed by atoms with Crippen molar-refractivity contribution in [2.45, 2.75) is 18.1 Å². The van der Waals surface area contributed by atoms with Crippen LogP contribution in [0.3, 0.4) is 0 Å². The fraction of sp³-hybridized carbons (Fsp3) is 0.417. The lowest BCUT2D eigenvalue weighted by atomic mass is 10.1. The molecular weight excluding hydrogens is 256 g/mol. The van der Waals surface area contributed by atoms with Gasteiger partial charge in [0.1, 0.15) is 0 Å². The minimum absolute atomic E-state index is 0.141. The molecule has 1 heterocycles. The van der Waals surface area contributed by atoms with E-state index in [1.54, 1.807) is 18.2 Å². The Morgan fingerprint density at radius 2 is 2.41 bits per heavy atom. The van der Waals surface area contributed by atoms with E-state index in [-0.39, 0.29) is 5.91 Å². The van der Waals surface area contributed by atoms with Gasteiger partial charge < -0.3 is 11.1 Å². The van der Waals surface area contributed by atoms with Crippen LogP contribution in [-0.4, -0.2) is 23.5 Å². The fourth-order valence-corrected chi connectivity index (χ4v) is 3.22. The van der Waals surface area contributed by atoms with Gasteiger partial charge >= 0.3 is 0 Å². The van der Waals surface area contributed by atoms with Gasteiger partial charge in [0.15, 0.2) is 0 Å². The maximum Gasteiger partial charge on any atom is 0.253 e. The number of carbonyl (C=O) groups is 1. The van der Waals surface area contributed by atoms with Crippen LogP contribution in [0.2, 0.25) is 5.02 Å². The van der Waals surface area contributed by atoms with Crippen molar-refractivity contribution in [1.82, 2.24) is 5.32 Å². The monoisotopic (exact) mass is 270 g/mol. The lowest BCUT2D eigenvalue weighted by Crippen LogP contribution is -2.30. The van der Waals surface area contributed by atoms with E-state index in [1.165, 1.54) is 18.6 Å². The Morgan fingerprint density at radius 3 is 3.12 bits per heavy atom. The normalized spacial score (nSPS) is 19.2. The topological polar surface area (TPSA) is 55.1 Å². The largest absolute Gasteiger partial charge is 0.397 e. The molecule has 0 saturated carbocycles. The van der Waals surface area contributed by atoms with Gasteiger partial charge in [-0.15, -0.1) is 0 Å². The number of benzene rings is 1. The fourth-order valence-electron chi connectivity index (χ4n) is 1.84. The quantitative estimate of drug-likeness (QED) is 0.830. The van der Waals surface area contributed by atoms with E-state index in [1.807, 2.05) is 11.8 Å². The molecule has 1 aromatic carbocycles. The van der Waals surface area contributed by atoms with E-state index in [0.29, 0.717) is 28.1 Å². The van der Waals surface area contributed by atoms with Crippen LogP contribution >= 0.6 is 23.4 Å². The average molecular weight is 271 g/mol. The van der Waals surface area contributed by atoms with Gasteiger partial charge in [0.25, 0.3) is 5.91 Å². The van der Waals surface area contributed by atoms with Crippen LogP contribution in [0, 0.1) is 0 Å². The third-order valence-corrected chi connectivity index (χ3v) is 4.54. The van der Waals surface area contributed by atoms with Gasteiger partial charge in [-0.1, -0.05) is 17.7 Å². The number of thioether (sulfide) groups is 1. The Bertz CT molecular complexity index is 419. The molecule has 1 atom stereocenters. The maximum absolute atomic E-state index is 11.9. The summed E-state index contributed by atoms with van der Waals surface area (Å²) in [6.45, 7) is 0.704. The number of halogens is 1. The van der Waals surface area contributed by atoms with Crippen molar-refractivity contribution >= 4 is 35.0 Å². The number of anilines is 1. The highest BCUT2D eigenvalue weighted by atomic mass is 35.5. The third kappa shape index (κ3) is 3.07. The molecular formula is C12H15ClN2OS. The molecule has 2 rings (SSSR count). The second kappa shape index (κ2) is 5.65. The summed E-state index contributed by atoms with van der Waals surface area (Å²) in [5.41, 5.74) is 6.58. The Kier molecular flexibility index (Phi) is 4.18. The van der Waals surface area contributed by atoms with E-state index in [2.05, 4.69) is 5.32 Å². The molecule has 0 spiro atoms. The first kappa shape index (κ1) is 12.6. The molecule has 1 fully saturated rings. The van der Waals surface area contributed by atoms with Gasteiger partial charge in [-0.3, -0.25) is 4.79 Å². The number of nitrogens with one attached hydrogen (secondary N) is 1. The molecule has 1 unspecified atom stereocenters. The lowest BCUT2D eigenvalue weighted by molar-refractivity contribution is 0.0954. The number of rotatable bonds is 3. The first-order valence-corrected chi connectivity index (χ1v) is 7.05. The zero-order chi connectivity index (χ0) is 12.3. The molecule has 1 aliphatic heterocycles. The molecule has 17 heavy (non-hydrogen) atoms. The summed E-state index contributed by atoms with van der Waals surface area (Å²) in [6, 6.07) is 5.11. The number of para-hydroxylation sites is 1. The minimum Gasteiger partial charge on any atom is -0.397 e. The van der Waals surface area contributed by atoms with Crippen molar-refractivity contribution in [2.75, 3.05) is 18.0 Å². The number of hydrogen-bond donors (Lipinski definition) is 2. The molecule has 3 N–H and O–H groups in total. The summed E-state index contributed by atoms with van der Waals surface area (Å²) in [4.78, 5) is 11.9. The molecule has 1 aliphatic rings. The Hall–Kier alpha value is -0.870. The van der Waals surface area contributed by atoms with E-state index in [4.69, 9.17) is 17.3 Å². The van der Waals surface area contributed by atoms with Crippen LogP contribution in [0.25, 0.3) is 0 Å². The Labute approximate surface area is 110 Å². The van der Waals surface area contributed by atoms with Crippen LogP contribution < -0.4 is 11.1 Å². The molecule has 0 aliphatic carbocycles. The van der Waals surface area contributed by atoms with E-state index in [9.17, 15) is 4.79 Å².